The van der Waals surface area contributed by atoms with Crippen molar-refractivity contribution in [2.45, 2.75) is 115 Å². The summed E-state index contributed by atoms with van der Waals surface area (Å²) in [7, 11) is -5.04. The summed E-state index contributed by atoms with van der Waals surface area (Å²) in [5, 5.41) is 30.0. The molecular formula is C35H56O12S. The van der Waals surface area contributed by atoms with Gasteiger partial charge in [-0.15, -0.1) is 0 Å². The number of aliphatic hydroxyl groups is 3. The van der Waals surface area contributed by atoms with Crippen LogP contribution in [0, 0.1) is 0 Å². The van der Waals surface area contributed by atoms with Crippen molar-refractivity contribution in [1.29, 1.82) is 0 Å². The molecule has 0 bridgehead atoms. The van der Waals surface area contributed by atoms with Crippen LogP contribution in [0.25, 0.3) is 0 Å². The van der Waals surface area contributed by atoms with Gasteiger partial charge in [-0.25, -0.2) is 4.18 Å². The van der Waals surface area contributed by atoms with Crippen molar-refractivity contribution in [3.05, 3.63) is 72.9 Å². The Hall–Kier alpha value is -2.46. The lowest BCUT2D eigenvalue weighted by Crippen LogP contribution is -2.60. The lowest BCUT2D eigenvalue weighted by molar-refractivity contribution is -0.301. The van der Waals surface area contributed by atoms with Gasteiger partial charge in [0, 0.05) is 13.5 Å². The highest BCUT2D eigenvalue weighted by Crippen LogP contribution is 2.25. The molecule has 1 rings (SSSR count). The summed E-state index contributed by atoms with van der Waals surface area (Å²) >= 11 is 0. The Morgan fingerprint density at radius 3 is 1.83 bits per heavy atom. The average Bonchev–Trinajstić information content (AvgIpc) is 3.03. The molecule has 0 saturated carbocycles. The number of esters is 1. The van der Waals surface area contributed by atoms with Crippen molar-refractivity contribution in [3.63, 3.8) is 0 Å². The number of ether oxygens (including phenoxy) is 4. The second kappa shape index (κ2) is 27.4. The highest BCUT2D eigenvalue weighted by Gasteiger charge is 2.48. The van der Waals surface area contributed by atoms with Gasteiger partial charge in [-0.2, -0.15) is 8.42 Å². The van der Waals surface area contributed by atoms with E-state index in [1.54, 1.807) is 0 Å². The van der Waals surface area contributed by atoms with Crippen LogP contribution >= 0.6 is 0 Å². The molecule has 6 atom stereocenters. The molecule has 1 fully saturated rings. The summed E-state index contributed by atoms with van der Waals surface area (Å²) in [5.41, 5.74) is 0. The number of carbonyl (C=O) groups is 1. The molecule has 0 radical (unpaired) electrons. The third-order valence-corrected chi connectivity index (χ3v) is 7.36. The van der Waals surface area contributed by atoms with Gasteiger partial charge >= 0.3 is 16.4 Å². The van der Waals surface area contributed by atoms with E-state index in [-0.39, 0.29) is 13.2 Å². The normalized spacial score (nSPS) is 23.2. The maximum Gasteiger partial charge on any atom is 0.397 e. The number of carbonyl (C=O) groups excluding carboxylic acids is 1. The Morgan fingerprint density at radius 2 is 1.33 bits per heavy atom. The molecule has 0 amide bonds. The molecule has 12 nitrogen and oxygen atoms in total. The minimum Gasteiger partial charge on any atom is -0.458 e. The van der Waals surface area contributed by atoms with E-state index in [2.05, 4.69) is 84.0 Å². The number of hydrogen-bond donors (Lipinski definition) is 4. The fourth-order valence-corrected chi connectivity index (χ4v) is 5.00. The van der Waals surface area contributed by atoms with Crippen LogP contribution in [0.4, 0.5) is 0 Å². The Morgan fingerprint density at radius 1 is 0.792 bits per heavy atom. The van der Waals surface area contributed by atoms with Crippen LogP contribution in [0.15, 0.2) is 72.9 Å². The molecule has 274 valence electrons. The van der Waals surface area contributed by atoms with Gasteiger partial charge in [0.15, 0.2) is 6.29 Å². The maximum atomic E-state index is 11.5. The minimum atomic E-state index is -5.04. The van der Waals surface area contributed by atoms with Gasteiger partial charge in [0.25, 0.3) is 0 Å². The van der Waals surface area contributed by atoms with Crippen LogP contribution in [0.1, 0.15) is 78.1 Å². The second-order valence-corrected chi connectivity index (χ2v) is 12.1. The first-order valence-electron chi connectivity index (χ1n) is 16.6. The summed E-state index contributed by atoms with van der Waals surface area (Å²) in [5.74, 6) is -0.593. The zero-order valence-electron chi connectivity index (χ0n) is 28.3. The van der Waals surface area contributed by atoms with E-state index in [4.69, 9.17) is 23.5 Å². The van der Waals surface area contributed by atoms with Gasteiger partial charge in [0.2, 0.25) is 0 Å². The summed E-state index contributed by atoms with van der Waals surface area (Å²) in [6.45, 7) is 2.70. The van der Waals surface area contributed by atoms with Crippen molar-refractivity contribution in [1.82, 2.24) is 0 Å². The molecule has 0 aromatic heterocycles. The molecule has 0 aromatic carbocycles. The largest absolute Gasteiger partial charge is 0.458 e. The highest BCUT2D eigenvalue weighted by atomic mass is 32.3. The predicted octanol–water partition coefficient (Wildman–Crippen LogP) is 4.84. The first-order chi connectivity index (χ1) is 23.1. The van der Waals surface area contributed by atoms with Crippen molar-refractivity contribution in [3.8, 4) is 0 Å². The standard InChI is InChI=1S/C35H56O12S/c1-3-4-5-6-7-8-9-10-11-12-13-14-15-16-17-18-19-20-21-22-23-24-25-43-27-30(45-29(2)37)28-44-35-33(39)34(47-48(40,41)42)32(38)31(26-36)46-35/h4-5,7-8,10-11,13-14,16-17,19-20,30-36,38-39H,3,6,9,12,15,18,21-28H2,1-2H3,(H,40,41,42)/b5-4-,8-7-,11-10-,14-13-,17-16-,20-19-. The lowest BCUT2D eigenvalue weighted by Gasteiger charge is -2.41. The summed E-state index contributed by atoms with van der Waals surface area (Å²) < 4.78 is 57.2. The fraction of sp³-hybridized carbons (Fsp3) is 0.629. The minimum absolute atomic E-state index is 0.00739. The van der Waals surface area contributed by atoms with Crippen LogP contribution in [0.5, 0.6) is 0 Å². The zero-order valence-corrected chi connectivity index (χ0v) is 29.1. The molecule has 6 unspecified atom stereocenters. The van der Waals surface area contributed by atoms with Crippen LogP contribution in [0.3, 0.4) is 0 Å². The van der Waals surface area contributed by atoms with E-state index in [1.165, 1.54) is 6.92 Å². The van der Waals surface area contributed by atoms with E-state index in [9.17, 15) is 28.5 Å². The number of allylic oxidation sites excluding steroid dienone is 12. The third kappa shape index (κ3) is 22.2. The van der Waals surface area contributed by atoms with Crippen molar-refractivity contribution in [2.24, 2.45) is 0 Å². The molecule has 0 spiro atoms. The van der Waals surface area contributed by atoms with E-state index < -0.39 is 59.8 Å². The predicted molar refractivity (Wildman–Crippen MR) is 183 cm³/mol. The SMILES string of the molecule is CC/C=C\C/C=C\C/C=C\C/C=C\C/C=C\C/C=C\CCCCCOCC(COC1OC(CO)C(O)C(OS(=O)(=O)O)C1O)OC(C)=O. The van der Waals surface area contributed by atoms with Gasteiger partial charge < -0.3 is 34.3 Å². The van der Waals surface area contributed by atoms with Gasteiger partial charge in [0.1, 0.15) is 30.5 Å². The zero-order chi connectivity index (χ0) is 35.5. The van der Waals surface area contributed by atoms with Gasteiger partial charge in [-0.1, -0.05) is 86.3 Å². The Bertz CT molecular complexity index is 1130. The van der Waals surface area contributed by atoms with Gasteiger partial charge in [0.05, 0.1) is 19.8 Å². The molecule has 4 N–H and O–H groups in total. The summed E-state index contributed by atoms with van der Waals surface area (Å²) in [6.07, 6.45) is 26.4. The topological polar surface area (TPSA) is 178 Å². The molecule has 0 aromatic rings. The molecule has 48 heavy (non-hydrogen) atoms. The molecule has 13 heteroatoms. The van der Waals surface area contributed by atoms with Crippen LogP contribution in [0.2, 0.25) is 0 Å². The summed E-state index contributed by atoms with van der Waals surface area (Å²) in [6, 6.07) is 0. The Labute approximate surface area is 286 Å². The number of aliphatic hydroxyl groups excluding tert-OH is 3. The van der Waals surface area contributed by atoms with E-state index in [0.717, 1.165) is 64.2 Å². The smallest absolute Gasteiger partial charge is 0.397 e. The molecular weight excluding hydrogens is 644 g/mol. The van der Waals surface area contributed by atoms with E-state index in [1.807, 2.05) is 0 Å². The Balaban J connectivity index is 2.21. The maximum absolute atomic E-state index is 11.5. The van der Waals surface area contributed by atoms with Gasteiger partial charge in [-0.05, 0) is 57.8 Å². The van der Waals surface area contributed by atoms with E-state index >= 15 is 0 Å². The number of hydrogen-bond acceptors (Lipinski definition) is 11. The molecule has 0 aliphatic carbocycles. The highest BCUT2D eigenvalue weighted by molar-refractivity contribution is 7.80. The molecule has 1 heterocycles. The lowest BCUT2D eigenvalue weighted by atomic mass is 9.99. The van der Waals surface area contributed by atoms with Crippen molar-refractivity contribution < 1.29 is 56.2 Å². The van der Waals surface area contributed by atoms with Gasteiger partial charge in [-0.3, -0.25) is 9.35 Å². The second-order valence-electron chi connectivity index (χ2n) is 11.1. The summed E-state index contributed by atoms with van der Waals surface area (Å²) in [4.78, 5) is 11.5. The van der Waals surface area contributed by atoms with Crippen LogP contribution < -0.4 is 0 Å². The number of unbranched alkanes of at least 4 members (excludes halogenated alkanes) is 3. The number of rotatable bonds is 26. The van der Waals surface area contributed by atoms with Crippen LogP contribution in [-0.2, 0) is 38.3 Å². The third-order valence-electron chi connectivity index (χ3n) is 6.89. The van der Waals surface area contributed by atoms with Crippen LogP contribution in [-0.4, -0.2) is 97.5 Å². The Kier molecular flexibility index (Phi) is 24.8. The van der Waals surface area contributed by atoms with Crippen molar-refractivity contribution >= 4 is 16.4 Å². The van der Waals surface area contributed by atoms with E-state index in [0.29, 0.717) is 6.61 Å². The monoisotopic (exact) mass is 700 g/mol. The molecule has 1 aliphatic heterocycles. The molecule has 1 aliphatic rings. The molecule has 1 saturated heterocycles. The first-order valence-corrected chi connectivity index (χ1v) is 18.0. The van der Waals surface area contributed by atoms with Crippen molar-refractivity contribution in [2.75, 3.05) is 26.4 Å². The fourth-order valence-electron chi connectivity index (χ4n) is 4.50. The average molecular weight is 701 g/mol. The quantitative estimate of drug-likeness (QED) is 0.0419. The first kappa shape index (κ1) is 43.6.